The molecule has 0 fully saturated rings. The molecular formula is C14H19ClOS. The van der Waals surface area contributed by atoms with Crippen LogP contribution < -0.4 is 0 Å². The molecule has 1 rings (SSSR count). The van der Waals surface area contributed by atoms with Gasteiger partial charge in [-0.2, -0.15) is 0 Å². The second-order valence-corrected chi connectivity index (χ2v) is 5.84. The van der Waals surface area contributed by atoms with E-state index in [-0.39, 0.29) is 5.24 Å². The van der Waals surface area contributed by atoms with E-state index in [2.05, 4.69) is 27.7 Å². The molecule has 0 amide bonds. The maximum atomic E-state index is 11.4. The van der Waals surface area contributed by atoms with Gasteiger partial charge in [0.15, 0.2) is 0 Å². The average Bonchev–Trinajstić information content (AvgIpc) is 2.28. The first-order chi connectivity index (χ1) is 8.02. The van der Waals surface area contributed by atoms with Gasteiger partial charge in [-0.15, -0.1) is 11.8 Å². The van der Waals surface area contributed by atoms with E-state index in [4.69, 9.17) is 11.6 Å². The SMILES string of the molecule is CCSc1c(C(C)C)ccc(C(=O)Cl)c1CC. The summed E-state index contributed by atoms with van der Waals surface area (Å²) in [5, 5.41) is -0.352. The minimum absolute atomic E-state index is 0.352. The largest absolute Gasteiger partial charge is 0.276 e. The molecule has 0 unspecified atom stereocenters. The lowest BCUT2D eigenvalue weighted by Crippen LogP contribution is -2.03. The summed E-state index contributed by atoms with van der Waals surface area (Å²) in [5.74, 6) is 1.47. The number of carbonyl (C=O) groups excluding carboxylic acids is 1. The summed E-state index contributed by atoms with van der Waals surface area (Å²) >= 11 is 7.45. The molecule has 0 radical (unpaired) electrons. The van der Waals surface area contributed by atoms with Gasteiger partial charge in [0.25, 0.3) is 5.24 Å². The predicted octanol–water partition coefficient (Wildman–Crippen LogP) is 4.86. The van der Waals surface area contributed by atoms with Crippen molar-refractivity contribution in [1.29, 1.82) is 0 Å². The molecule has 0 atom stereocenters. The van der Waals surface area contributed by atoms with E-state index in [0.29, 0.717) is 11.5 Å². The molecule has 0 saturated heterocycles. The fraction of sp³-hybridized carbons (Fsp3) is 0.500. The molecule has 0 spiro atoms. The molecule has 1 aromatic rings. The Kier molecular flexibility index (Phi) is 5.54. The summed E-state index contributed by atoms with van der Waals surface area (Å²) in [6.07, 6.45) is 0.844. The summed E-state index contributed by atoms with van der Waals surface area (Å²) in [6.45, 7) is 8.55. The molecule has 0 aliphatic rings. The van der Waals surface area contributed by atoms with Crippen molar-refractivity contribution in [2.24, 2.45) is 0 Å². The van der Waals surface area contributed by atoms with Crippen molar-refractivity contribution in [3.8, 4) is 0 Å². The van der Waals surface area contributed by atoms with Gasteiger partial charge in [0.05, 0.1) is 0 Å². The van der Waals surface area contributed by atoms with Crippen LogP contribution in [0.15, 0.2) is 17.0 Å². The third kappa shape index (κ3) is 3.26. The standard InChI is InChI=1S/C14H19ClOS/c1-5-10-12(14(15)16)8-7-11(9(3)4)13(10)17-6-2/h7-9H,5-6H2,1-4H3. The highest BCUT2D eigenvalue weighted by atomic mass is 35.5. The van der Waals surface area contributed by atoms with Crippen LogP contribution in [-0.2, 0) is 6.42 Å². The van der Waals surface area contributed by atoms with Gasteiger partial charge in [0.2, 0.25) is 0 Å². The van der Waals surface area contributed by atoms with Crippen LogP contribution in [0.2, 0.25) is 0 Å². The van der Waals surface area contributed by atoms with Crippen LogP contribution in [0.25, 0.3) is 0 Å². The summed E-state index contributed by atoms with van der Waals surface area (Å²) < 4.78 is 0. The van der Waals surface area contributed by atoms with Gasteiger partial charge < -0.3 is 0 Å². The lowest BCUT2D eigenvalue weighted by molar-refractivity contribution is 0.108. The predicted molar refractivity (Wildman–Crippen MR) is 76.5 cm³/mol. The molecule has 0 aromatic heterocycles. The van der Waals surface area contributed by atoms with Gasteiger partial charge in [-0.05, 0) is 46.9 Å². The second kappa shape index (κ2) is 6.46. The highest BCUT2D eigenvalue weighted by molar-refractivity contribution is 7.99. The number of benzene rings is 1. The highest BCUT2D eigenvalue weighted by Gasteiger charge is 2.17. The second-order valence-electron chi connectivity index (χ2n) is 4.22. The van der Waals surface area contributed by atoms with Crippen LogP contribution >= 0.6 is 23.4 Å². The van der Waals surface area contributed by atoms with Gasteiger partial charge in [0.1, 0.15) is 0 Å². The zero-order valence-corrected chi connectivity index (χ0v) is 12.4. The molecule has 0 N–H and O–H groups in total. The van der Waals surface area contributed by atoms with Gasteiger partial charge in [0, 0.05) is 10.5 Å². The normalized spacial score (nSPS) is 10.9. The third-order valence-corrected chi connectivity index (χ3v) is 4.03. The lowest BCUT2D eigenvalue weighted by atomic mass is 9.96. The van der Waals surface area contributed by atoms with E-state index in [1.807, 2.05) is 12.1 Å². The van der Waals surface area contributed by atoms with Gasteiger partial charge in [-0.25, -0.2) is 0 Å². The van der Waals surface area contributed by atoms with Crippen molar-refractivity contribution < 1.29 is 4.79 Å². The van der Waals surface area contributed by atoms with E-state index < -0.39 is 0 Å². The Morgan fingerprint density at radius 3 is 2.41 bits per heavy atom. The van der Waals surface area contributed by atoms with Crippen molar-refractivity contribution in [2.45, 2.75) is 44.9 Å². The molecule has 17 heavy (non-hydrogen) atoms. The Balaban J connectivity index is 3.43. The highest BCUT2D eigenvalue weighted by Crippen LogP contribution is 2.34. The number of hydrogen-bond donors (Lipinski definition) is 0. The molecule has 0 heterocycles. The fourth-order valence-corrected chi connectivity index (χ4v) is 3.32. The minimum Gasteiger partial charge on any atom is -0.276 e. The zero-order chi connectivity index (χ0) is 13.0. The van der Waals surface area contributed by atoms with Crippen LogP contribution in [0.4, 0.5) is 0 Å². The summed E-state index contributed by atoms with van der Waals surface area (Å²) in [6, 6.07) is 3.90. The van der Waals surface area contributed by atoms with E-state index in [1.165, 1.54) is 10.5 Å². The molecule has 94 valence electrons. The first-order valence-corrected chi connectivity index (χ1v) is 7.37. The number of carbonyl (C=O) groups is 1. The molecule has 1 nitrogen and oxygen atoms in total. The number of hydrogen-bond acceptors (Lipinski definition) is 2. The number of halogens is 1. The summed E-state index contributed by atoms with van der Waals surface area (Å²) in [7, 11) is 0. The van der Waals surface area contributed by atoms with Gasteiger partial charge in [-0.3, -0.25) is 4.79 Å². The maximum Gasteiger partial charge on any atom is 0.252 e. The Labute approximate surface area is 113 Å². The Morgan fingerprint density at radius 2 is 2.00 bits per heavy atom. The summed E-state index contributed by atoms with van der Waals surface area (Å²) in [4.78, 5) is 12.7. The first kappa shape index (κ1) is 14.6. The topological polar surface area (TPSA) is 17.1 Å². The fourth-order valence-electron chi connectivity index (χ4n) is 1.95. The van der Waals surface area contributed by atoms with Crippen LogP contribution in [-0.4, -0.2) is 11.0 Å². The van der Waals surface area contributed by atoms with E-state index in [9.17, 15) is 4.79 Å². The molecule has 0 aliphatic heterocycles. The summed E-state index contributed by atoms with van der Waals surface area (Å²) in [5.41, 5.74) is 3.08. The third-order valence-electron chi connectivity index (χ3n) is 2.77. The number of rotatable bonds is 5. The quantitative estimate of drug-likeness (QED) is 0.561. The molecule has 0 bridgehead atoms. The van der Waals surface area contributed by atoms with Crippen molar-refractivity contribution in [2.75, 3.05) is 5.75 Å². The Morgan fingerprint density at radius 1 is 1.35 bits per heavy atom. The Bertz CT molecular complexity index is 413. The van der Waals surface area contributed by atoms with Gasteiger partial charge >= 0.3 is 0 Å². The van der Waals surface area contributed by atoms with E-state index in [0.717, 1.165) is 17.7 Å². The minimum atomic E-state index is -0.352. The smallest absolute Gasteiger partial charge is 0.252 e. The van der Waals surface area contributed by atoms with E-state index in [1.54, 1.807) is 11.8 Å². The molecule has 3 heteroatoms. The van der Waals surface area contributed by atoms with Crippen LogP contribution in [0, 0.1) is 0 Å². The van der Waals surface area contributed by atoms with Gasteiger partial charge in [-0.1, -0.05) is 33.8 Å². The zero-order valence-electron chi connectivity index (χ0n) is 10.8. The maximum absolute atomic E-state index is 11.4. The molecule has 1 aromatic carbocycles. The number of thioether (sulfide) groups is 1. The van der Waals surface area contributed by atoms with Crippen molar-refractivity contribution in [3.05, 3.63) is 28.8 Å². The van der Waals surface area contributed by atoms with E-state index >= 15 is 0 Å². The molecule has 0 saturated carbocycles. The van der Waals surface area contributed by atoms with Crippen LogP contribution in [0.1, 0.15) is 55.1 Å². The van der Waals surface area contributed by atoms with Crippen molar-refractivity contribution >= 4 is 28.6 Å². The average molecular weight is 271 g/mol. The van der Waals surface area contributed by atoms with Crippen LogP contribution in [0.3, 0.4) is 0 Å². The molecular weight excluding hydrogens is 252 g/mol. The lowest BCUT2D eigenvalue weighted by Gasteiger charge is -2.17. The first-order valence-electron chi connectivity index (χ1n) is 6.01. The van der Waals surface area contributed by atoms with Crippen molar-refractivity contribution in [1.82, 2.24) is 0 Å². The van der Waals surface area contributed by atoms with Crippen molar-refractivity contribution in [3.63, 3.8) is 0 Å². The Hall–Kier alpha value is -0.470. The van der Waals surface area contributed by atoms with Crippen LogP contribution in [0.5, 0.6) is 0 Å². The molecule has 0 aliphatic carbocycles. The monoisotopic (exact) mass is 270 g/mol.